The molecule has 2 aromatic carbocycles. The Labute approximate surface area is 168 Å². The molecule has 4 rings (SSSR count). The summed E-state index contributed by atoms with van der Waals surface area (Å²) < 4.78 is 5.23. The third kappa shape index (κ3) is 4.03. The molecule has 0 bridgehead atoms. The second-order valence-electron chi connectivity index (χ2n) is 6.94. The molecule has 0 spiro atoms. The number of hydrogen-bond donors (Lipinski definition) is 0. The first kappa shape index (κ1) is 18.9. The van der Waals surface area contributed by atoms with Gasteiger partial charge < -0.3 is 9.64 Å². The molecule has 2 amide bonds. The number of rotatable bonds is 4. The van der Waals surface area contributed by atoms with Crippen LogP contribution in [-0.2, 0) is 25.5 Å². The Morgan fingerprint density at radius 2 is 1.72 bits per heavy atom. The lowest BCUT2D eigenvalue weighted by atomic mass is 10.0. The average Bonchev–Trinajstić information content (AvgIpc) is 2.77. The second-order valence-corrected chi connectivity index (χ2v) is 6.94. The number of para-hydroxylation sites is 2. The van der Waals surface area contributed by atoms with E-state index in [1.54, 1.807) is 29.2 Å². The number of anilines is 2. The van der Waals surface area contributed by atoms with Crippen LogP contribution in [0.4, 0.5) is 11.4 Å². The lowest BCUT2D eigenvalue weighted by Gasteiger charge is -2.29. The third-order valence-electron chi connectivity index (χ3n) is 5.01. The van der Waals surface area contributed by atoms with Crippen LogP contribution in [0.15, 0.2) is 59.7 Å². The highest BCUT2D eigenvalue weighted by molar-refractivity contribution is 6.38. The summed E-state index contributed by atoms with van der Waals surface area (Å²) in [5, 5.41) is 5.37. The molecule has 0 unspecified atom stereocenters. The zero-order valence-electron chi connectivity index (χ0n) is 15.9. The number of carbonyl (C=O) groups is 3. The molecule has 0 aliphatic carbocycles. The van der Waals surface area contributed by atoms with Gasteiger partial charge in [0.05, 0.1) is 5.69 Å². The van der Waals surface area contributed by atoms with Crippen molar-refractivity contribution in [2.75, 3.05) is 23.1 Å². The van der Waals surface area contributed by atoms with Gasteiger partial charge in [-0.1, -0.05) is 36.4 Å². The fourth-order valence-electron chi connectivity index (χ4n) is 3.55. The largest absolute Gasteiger partial charge is 0.451 e. The monoisotopic (exact) mass is 391 g/mol. The van der Waals surface area contributed by atoms with Gasteiger partial charge in [0.2, 0.25) is 5.91 Å². The van der Waals surface area contributed by atoms with Crippen LogP contribution in [0.2, 0.25) is 0 Å². The Bertz CT molecular complexity index is 971. The van der Waals surface area contributed by atoms with Crippen LogP contribution in [0, 0.1) is 0 Å². The third-order valence-corrected chi connectivity index (χ3v) is 5.01. The van der Waals surface area contributed by atoms with E-state index in [2.05, 4.69) is 5.10 Å². The summed E-state index contributed by atoms with van der Waals surface area (Å²) in [5.41, 5.74) is 2.71. The van der Waals surface area contributed by atoms with E-state index in [0.29, 0.717) is 12.2 Å². The fraction of sp³-hybridized carbons (Fsp3) is 0.273. The first-order chi connectivity index (χ1) is 14.1. The van der Waals surface area contributed by atoms with Crippen LogP contribution >= 0.6 is 0 Å². The molecule has 2 aliphatic heterocycles. The number of hydrogen-bond acceptors (Lipinski definition) is 5. The molecule has 148 valence electrons. The zero-order valence-corrected chi connectivity index (χ0v) is 15.9. The van der Waals surface area contributed by atoms with Gasteiger partial charge in [-0.15, -0.1) is 0 Å². The highest BCUT2D eigenvalue weighted by Gasteiger charge is 2.28. The van der Waals surface area contributed by atoms with Crippen molar-refractivity contribution >= 4 is 34.9 Å². The highest BCUT2D eigenvalue weighted by Crippen LogP contribution is 2.26. The van der Waals surface area contributed by atoms with E-state index in [-0.39, 0.29) is 37.0 Å². The normalized spacial score (nSPS) is 16.1. The van der Waals surface area contributed by atoms with Gasteiger partial charge in [0.15, 0.2) is 6.61 Å². The summed E-state index contributed by atoms with van der Waals surface area (Å²) in [6.07, 6.45) is 2.16. The molecule has 29 heavy (non-hydrogen) atoms. The molecule has 2 heterocycles. The van der Waals surface area contributed by atoms with Gasteiger partial charge in [0.25, 0.3) is 5.91 Å². The Morgan fingerprint density at radius 1 is 0.966 bits per heavy atom. The summed E-state index contributed by atoms with van der Waals surface area (Å²) in [6, 6.07) is 16.7. The summed E-state index contributed by atoms with van der Waals surface area (Å²) in [5.74, 6) is -1.12. The number of carbonyl (C=O) groups excluding carboxylic acids is 3. The number of benzene rings is 2. The first-order valence-corrected chi connectivity index (χ1v) is 9.64. The van der Waals surface area contributed by atoms with Crippen LogP contribution in [0.5, 0.6) is 0 Å². The second kappa shape index (κ2) is 8.26. The number of fused-ring (bicyclic) bond motifs is 1. The van der Waals surface area contributed by atoms with Gasteiger partial charge >= 0.3 is 5.97 Å². The predicted octanol–water partition coefficient (Wildman–Crippen LogP) is 2.69. The number of nitrogens with zero attached hydrogens (tertiary/aromatic N) is 3. The number of hydrazone groups is 1. The first-order valence-electron chi connectivity index (χ1n) is 9.64. The zero-order chi connectivity index (χ0) is 20.2. The topological polar surface area (TPSA) is 79.3 Å². The van der Waals surface area contributed by atoms with E-state index in [1.165, 1.54) is 5.01 Å². The molecule has 0 N–H and O–H groups in total. The van der Waals surface area contributed by atoms with Gasteiger partial charge in [0, 0.05) is 25.1 Å². The van der Waals surface area contributed by atoms with Crippen molar-refractivity contribution in [3.05, 3.63) is 60.2 Å². The van der Waals surface area contributed by atoms with Crippen LogP contribution < -0.4 is 9.91 Å². The predicted molar refractivity (Wildman–Crippen MR) is 109 cm³/mol. The van der Waals surface area contributed by atoms with E-state index in [4.69, 9.17) is 4.74 Å². The van der Waals surface area contributed by atoms with Crippen molar-refractivity contribution in [3.8, 4) is 0 Å². The smallest absolute Gasteiger partial charge is 0.355 e. The van der Waals surface area contributed by atoms with Crippen LogP contribution in [0.1, 0.15) is 24.8 Å². The summed E-state index contributed by atoms with van der Waals surface area (Å²) >= 11 is 0. The molecule has 0 fully saturated rings. The molecule has 0 radical (unpaired) electrons. The Hall–Kier alpha value is -3.48. The molecular weight excluding hydrogens is 370 g/mol. The summed E-state index contributed by atoms with van der Waals surface area (Å²) in [7, 11) is 0. The average molecular weight is 391 g/mol. The molecule has 0 saturated heterocycles. The minimum atomic E-state index is -0.669. The maximum absolute atomic E-state index is 12.6. The van der Waals surface area contributed by atoms with E-state index < -0.39 is 5.97 Å². The van der Waals surface area contributed by atoms with Crippen molar-refractivity contribution in [1.29, 1.82) is 0 Å². The molecular formula is C22H21N3O4. The maximum Gasteiger partial charge on any atom is 0.355 e. The van der Waals surface area contributed by atoms with Crippen LogP contribution in [0.25, 0.3) is 0 Å². The van der Waals surface area contributed by atoms with Crippen molar-refractivity contribution in [2.45, 2.75) is 25.7 Å². The molecule has 7 heteroatoms. The Balaban J connectivity index is 1.42. The van der Waals surface area contributed by atoms with Gasteiger partial charge in [-0.2, -0.15) is 5.10 Å². The van der Waals surface area contributed by atoms with E-state index in [9.17, 15) is 14.4 Å². The Morgan fingerprint density at radius 3 is 2.55 bits per heavy atom. The van der Waals surface area contributed by atoms with Gasteiger partial charge in [-0.3, -0.25) is 9.59 Å². The number of esters is 1. The molecule has 0 atom stereocenters. The number of amides is 2. The summed E-state index contributed by atoms with van der Waals surface area (Å²) in [6.45, 7) is 0.246. The van der Waals surface area contributed by atoms with Crippen molar-refractivity contribution in [2.24, 2.45) is 5.10 Å². The highest BCUT2D eigenvalue weighted by atomic mass is 16.5. The van der Waals surface area contributed by atoms with Crippen molar-refractivity contribution < 1.29 is 19.1 Å². The molecule has 2 aliphatic rings. The van der Waals surface area contributed by atoms with Crippen LogP contribution in [-0.4, -0.2) is 36.6 Å². The molecule has 0 saturated carbocycles. The lowest BCUT2D eigenvalue weighted by molar-refractivity contribution is -0.141. The SMILES string of the molecule is O=C(OCC(=O)N1CCCc2ccccc21)C1=NN(c2ccccc2)C(=O)CC1. The molecule has 2 aromatic rings. The minimum Gasteiger partial charge on any atom is -0.451 e. The van der Waals surface area contributed by atoms with Crippen molar-refractivity contribution in [1.82, 2.24) is 0 Å². The van der Waals surface area contributed by atoms with Gasteiger partial charge in [-0.05, 0) is 36.6 Å². The Kier molecular flexibility index (Phi) is 5.37. The fourth-order valence-corrected chi connectivity index (χ4v) is 3.55. The van der Waals surface area contributed by atoms with E-state index in [1.807, 2.05) is 30.3 Å². The van der Waals surface area contributed by atoms with Crippen molar-refractivity contribution in [3.63, 3.8) is 0 Å². The molecule has 0 aromatic heterocycles. The van der Waals surface area contributed by atoms with Crippen LogP contribution in [0.3, 0.4) is 0 Å². The van der Waals surface area contributed by atoms with E-state index >= 15 is 0 Å². The minimum absolute atomic E-state index is 0.139. The molecule has 7 nitrogen and oxygen atoms in total. The number of aryl methyl sites for hydroxylation is 1. The summed E-state index contributed by atoms with van der Waals surface area (Å²) in [4.78, 5) is 38.9. The lowest BCUT2D eigenvalue weighted by Crippen LogP contribution is -2.40. The van der Waals surface area contributed by atoms with Gasteiger partial charge in [0.1, 0.15) is 5.71 Å². The quantitative estimate of drug-likeness (QED) is 0.751. The number of ether oxygens (including phenoxy) is 1. The maximum atomic E-state index is 12.6. The van der Waals surface area contributed by atoms with Gasteiger partial charge in [-0.25, -0.2) is 9.80 Å². The van der Waals surface area contributed by atoms with E-state index in [0.717, 1.165) is 24.1 Å². The standard InChI is InChI=1S/C22H21N3O4/c26-20-13-12-18(23-25(20)17-9-2-1-3-10-17)22(28)29-15-21(27)24-14-6-8-16-7-4-5-11-19(16)24/h1-5,7,9-11H,6,8,12-15H2.